The van der Waals surface area contributed by atoms with Crippen molar-refractivity contribution in [3.8, 4) is 0 Å². The summed E-state index contributed by atoms with van der Waals surface area (Å²) < 4.78 is 38.8. The summed E-state index contributed by atoms with van der Waals surface area (Å²) in [5.41, 5.74) is 0.883. The van der Waals surface area contributed by atoms with E-state index < -0.39 is 10.0 Å². The molecule has 7 heteroatoms. The van der Waals surface area contributed by atoms with E-state index in [1.54, 1.807) is 22.5 Å². The Hall–Kier alpha value is -1.18. The minimum absolute atomic E-state index is 0.291. The van der Waals surface area contributed by atoms with E-state index in [0.29, 0.717) is 36.2 Å². The van der Waals surface area contributed by atoms with Gasteiger partial charge < -0.3 is 10.0 Å². The van der Waals surface area contributed by atoms with Crippen LogP contribution in [0, 0.1) is 17.7 Å². The molecule has 1 aromatic rings. The predicted molar refractivity (Wildman–Crippen MR) is 87.2 cm³/mol. The standard InChI is InChI=1S/C16H23FN2O3S/c1-23(21,22)19-7-5-12(6-8-19)14-9-18(10-14)15-4-2-3-13(11-20)16(15)17/h2-4,12,14,20H,5-11H2,1H3. The lowest BCUT2D eigenvalue weighted by Gasteiger charge is -2.47. The van der Waals surface area contributed by atoms with Crippen LogP contribution in [-0.2, 0) is 16.6 Å². The van der Waals surface area contributed by atoms with E-state index in [-0.39, 0.29) is 12.4 Å². The first-order chi connectivity index (χ1) is 10.9. The first-order valence-electron chi connectivity index (χ1n) is 7.98. The van der Waals surface area contributed by atoms with Gasteiger partial charge in [-0.2, -0.15) is 0 Å². The molecule has 0 saturated carbocycles. The number of hydrogen-bond donors (Lipinski definition) is 1. The van der Waals surface area contributed by atoms with Crippen molar-refractivity contribution in [1.29, 1.82) is 0 Å². The minimum atomic E-state index is -3.08. The van der Waals surface area contributed by atoms with Crippen LogP contribution in [0.1, 0.15) is 18.4 Å². The SMILES string of the molecule is CS(=O)(=O)N1CCC(C2CN(c3cccc(CO)c3F)C2)CC1. The number of nitrogens with zero attached hydrogens (tertiary/aromatic N) is 2. The highest BCUT2D eigenvalue weighted by Crippen LogP contribution is 2.36. The van der Waals surface area contributed by atoms with Gasteiger partial charge in [0.05, 0.1) is 18.6 Å². The Labute approximate surface area is 136 Å². The van der Waals surface area contributed by atoms with Crippen molar-refractivity contribution >= 4 is 15.7 Å². The van der Waals surface area contributed by atoms with Crippen LogP contribution in [0.4, 0.5) is 10.1 Å². The molecule has 2 aliphatic rings. The van der Waals surface area contributed by atoms with Gasteiger partial charge in [-0.15, -0.1) is 0 Å². The second-order valence-electron chi connectivity index (χ2n) is 6.57. The van der Waals surface area contributed by atoms with Crippen LogP contribution in [0.5, 0.6) is 0 Å². The first kappa shape index (κ1) is 16.7. The largest absolute Gasteiger partial charge is 0.392 e. The summed E-state index contributed by atoms with van der Waals surface area (Å²) in [6, 6.07) is 5.11. The van der Waals surface area contributed by atoms with Gasteiger partial charge in [-0.1, -0.05) is 12.1 Å². The highest BCUT2D eigenvalue weighted by molar-refractivity contribution is 7.88. The summed E-state index contributed by atoms with van der Waals surface area (Å²) in [5, 5.41) is 9.15. The molecule has 0 unspecified atom stereocenters. The van der Waals surface area contributed by atoms with Gasteiger partial charge in [0, 0.05) is 31.7 Å². The van der Waals surface area contributed by atoms with E-state index in [4.69, 9.17) is 5.11 Å². The lowest BCUT2D eigenvalue weighted by Crippen LogP contribution is -2.52. The van der Waals surface area contributed by atoms with Crippen LogP contribution >= 0.6 is 0 Å². The van der Waals surface area contributed by atoms with E-state index in [1.165, 1.54) is 6.26 Å². The average molecular weight is 342 g/mol. The number of benzene rings is 1. The molecule has 0 radical (unpaired) electrons. The van der Waals surface area contributed by atoms with E-state index in [9.17, 15) is 12.8 Å². The fourth-order valence-electron chi connectivity index (χ4n) is 3.62. The van der Waals surface area contributed by atoms with Gasteiger partial charge in [-0.05, 0) is 30.7 Å². The van der Waals surface area contributed by atoms with Gasteiger partial charge in [0.25, 0.3) is 0 Å². The molecule has 128 valence electrons. The molecule has 0 bridgehead atoms. The Morgan fingerprint density at radius 3 is 2.43 bits per heavy atom. The molecule has 1 N–H and O–H groups in total. The minimum Gasteiger partial charge on any atom is -0.392 e. The van der Waals surface area contributed by atoms with Crippen molar-refractivity contribution in [3.63, 3.8) is 0 Å². The summed E-state index contributed by atoms with van der Waals surface area (Å²) in [7, 11) is -3.08. The van der Waals surface area contributed by atoms with E-state index >= 15 is 0 Å². The van der Waals surface area contributed by atoms with Crippen molar-refractivity contribution in [2.24, 2.45) is 11.8 Å². The highest BCUT2D eigenvalue weighted by Gasteiger charge is 2.37. The van der Waals surface area contributed by atoms with Crippen molar-refractivity contribution in [2.75, 3.05) is 37.3 Å². The molecule has 3 rings (SSSR count). The summed E-state index contributed by atoms with van der Waals surface area (Å²) in [6.07, 6.45) is 3.02. The summed E-state index contributed by atoms with van der Waals surface area (Å²) in [4.78, 5) is 2.00. The first-order valence-corrected chi connectivity index (χ1v) is 9.83. The molecule has 2 heterocycles. The van der Waals surface area contributed by atoms with Gasteiger partial charge >= 0.3 is 0 Å². The molecule has 2 saturated heterocycles. The Kier molecular flexibility index (Phi) is 4.62. The summed E-state index contributed by atoms with van der Waals surface area (Å²) >= 11 is 0. The number of aliphatic hydroxyl groups is 1. The van der Waals surface area contributed by atoms with Gasteiger partial charge in [-0.25, -0.2) is 17.1 Å². The lowest BCUT2D eigenvalue weighted by atomic mass is 9.80. The molecule has 0 aromatic heterocycles. The normalized spacial score (nSPS) is 21.4. The second-order valence-corrected chi connectivity index (χ2v) is 8.56. The predicted octanol–water partition coefficient (Wildman–Crippen LogP) is 1.43. The third-order valence-electron chi connectivity index (χ3n) is 5.11. The van der Waals surface area contributed by atoms with Crippen LogP contribution in [0.2, 0.25) is 0 Å². The Bertz CT molecular complexity index is 666. The number of anilines is 1. The monoisotopic (exact) mass is 342 g/mol. The summed E-state index contributed by atoms with van der Waals surface area (Å²) in [6.45, 7) is 2.49. The zero-order valence-electron chi connectivity index (χ0n) is 13.3. The van der Waals surface area contributed by atoms with E-state index in [2.05, 4.69) is 0 Å². The molecule has 2 aliphatic heterocycles. The quantitative estimate of drug-likeness (QED) is 0.899. The molecule has 0 amide bonds. The fraction of sp³-hybridized carbons (Fsp3) is 0.625. The van der Waals surface area contributed by atoms with Crippen LogP contribution in [0.3, 0.4) is 0 Å². The number of piperidine rings is 1. The third-order valence-corrected chi connectivity index (χ3v) is 6.42. The molecule has 1 aromatic carbocycles. The number of aliphatic hydroxyl groups excluding tert-OH is 1. The van der Waals surface area contributed by atoms with Crippen molar-refractivity contribution < 1.29 is 17.9 Å². The molecular weight excluding hydrogens is 319 g/mol. The molecule has 5 nitrogen and oxygen atoms in total. The van der Waals surface area contributed by atoms with Gasteiger partial charge in [0.1, 0.15) is 0 Å². The maximum Gasteiger partial charge on any atom is 0.211 e. The van der Waals surface area contributed by atoms with Gasteiger partial charge in [0.2, 0.25) is 10.0 Å². The second kappa shape index (κ2) is 6.37. The van der Waals surface area contributed by atoms with Crippen molar-refractivity contribution in [2.45, 2.75) is 19.4 Å². The molecule has 2 fully saturated rings. The van der Waals surface area contributed by atoms with Crippen LogP contribution in [0.25, 0.3) is 0 Å². The molecular formula is C16H23FN2O3S. The lowest BCUT2D eigenvalue weighted by molar-refractivity contribution is 0.180. The number of rotatable bonds is 4. The Morgan fingerprint density at radius 1 is 1.22 bits per heavy atom. The molecule has 0 spiro atoms. The number of halogens is 1. The van der Waals surface area contributed by atoms with Crippen LogP contribution < -0.4 is 4.90 Å². The summed E-state index contributed by atoms with van der Waals surface area (Å²) in [5.74, 6) is 0.669. The maximum atomic E-state index is 14.2. The zero-order valence-corrected chi connectivity index (χ0v) is 14.1. The van der Waals surface area contributed by atoms with Crippen molar-refractivity contribution in [3.05, 3.63) is 29.6 Å². The van der Waals surface area contributed by atoms with Crippen LogP contribution in [0.15, 0.2) is 18.2 Å². The third kappa shape index (κ3) is 3.36. The van der Waals surface area contributed by atoms with E-state index in [1.807, 2.05) is 4.90 Å². The number of hydrogen-bond acceptors (Lipinski definition) is 4. The molecule has 0 atom stereocenters. The van der Waals surface area contributed by atoms with Gasteiger partial charge in [0.15, 0.2) is 5.82 Å². The fourth-order valence-corrected chi connectivity index (χ4v) is 4.49. The molecule has 0 aliphatic carbocycles. The smallest absolute Gasteiger partial charge is 0.211 e. The highest BCUT2D eigenvalue weighted by atomic mass is 32.2. The Balaban J connectivity index is 1.56. The zero-order chi connectivity index (χ0) is 16.6. The average Bonchev–Trinajstić information content (AvgIpc) is 2.47. The molecule has 23 heavy (non-hydrogen) atoms. The Morgan fingerprint density at radius 2 is 1.87 bits per heavy atom. The maximum absolute atomic E-state index is 14.2. The number of sulfonamides is 1. The topological polar surface area (TPSA) is 60.9 Å². The van der Waals surface area contributed by atoms with Crippen molar-refractivity contribution in [1.82, 2.24) is 4.31 Å². The van der Waals surface area contributed by atoms with Crippen LogP contribution in [-0.4, -0.2) is 50.3 Å². The van der Waals surface area contributed by atoms with E-state index in [0.717, 1.165) is 25.9 Å². The van der Waals surface area contributed by atoms with Gasteiger partial charge in [-0.3, -0.25) is 0 Å².